The van der Waals surface area contributed by atoms with E-state index in [0.29, 0.717) is 25.4 Å². The number of nitro benzene ring substituents is 1. The quantitative estimate of drug-likeness (QED) is 0.254. The van der Waals surface area contributed by atoms with Crippen molar-refractivity contribution in [2.45, 2.75) is 6.42 Å². The Morgan fingerprint density at radius 1 is 1.50 bits per heavy atom. The second-order valence-corrected chi connectivity index (χ2v) is 4.78. The molecule has 0 saturated carbocycles. The molecule has 0 aromatic heterocycles. The fourth-order valence-electron chi connectivity index (χ4n) is 1.33. The van der Waals surface area contributed by atoms with Crippen molar-refractivity contribution in [3.05, 3.63) is 44.5 Å². The Bertz CT molecular complexity index is 424. The van der Waals surface area contributed by atoms with Crippen molar-refractivity contribution < 1.29 is 9.66 Å². The zero-order valence-electron chi connectivity index (χ0n) is 9.89. The van der Waals surface area contributed by atoms with Gasteiger partial charge in [-0.25, -0.2) is 0 Å². The second-order valence-electron chi connectivity index (χ2n) is 3.54. The van der Waals surface area contributed by atoms with Gasteiger partial charge in [0.05, 0.1) is 18.1 Å². The summed E-state index contributed by atoms with van der Waals surface area (Å²) in [6.45, 7) is 5.27. The molecule has 0 atom stereocenters. The summed E-state index contributed by atoms with van der Waals surface area (Å²) >= 11 is 2.05. The number of halogens is 1. The molecular weight excluding hydrogens is 347 g/mol. The molecule has 0 saturated heterocycles. The van der Waals surface area contributed by atoms with Crippen LogP contribution in [0.2, 0.25) is 0 Å². The van der Waals surface area contributed by atoms with E-state index in [2.05, 4.69) is 11.9 Å². The summed E-state index contributed by atoms with van der Waals surface area (Å²) in [6, 6.07) is 5.08. The number of hydrogen-bond acceptors (Lipinski definition) is 4. The van der Waals surface area contributed by atoms with Gasteiger partial charge in [-0.2, -0.15) is 0 Å². The average Bonchev–Trinajstić information content (AvgIpc) is 2.35. The highest BCUT2D eigenvalue weighted by molar-refractivity contribution is 14.1. The number of benzene rings is 1. The van der Waals surface area contributed by atoms with Crippen molar-refractivity contribution in [3.8, 4) is 0 Å². The van der Waals surface area contributed by atoms with Gasteiger partial charge in [-0.1, -0.05) is 6.08 Å². The molecular formula is C12H15IN2O3. The Morgan fingerprint density at radius 3 is 2.94 bits per heavy atom. The summed E-state index contributed by atoms with van der Waals surface area (Å²) in [7, 11) is 0. The van der Waals surface area contributed by atoms with E-state index in [4.69, 9.17) is 4.74 Å². The van der Waals surface area contributed by atoms with Crippen LogP contribution >= 0.6 is 22.6 Å². The summed E-state index contributed by atoms with van der Waals surface area (Å²) in [5, 5.41) is 13.9. The second kappa shape index (κ2) is 8.04. The third-order valence-corrected chi connectivity index (χ3v) is 2.86. The molecule has 0 amide bonds. The molecule has 1 N–H and O–H groups in total. The molecule has 0 fully saturated rings. The SMILES string of the molecule is C=CCCOCCNc1ccc(I)cc1[N+](=O)[O-]. The molecule has 0 aliphatic heterocycles. The fraction of sp³-hybridized carbons (Fsp3) is 0.333. The minimum absolute atomic E-state index is 0.0907. The Balaban J connectivity index is 2.46. The molecule has 0 heterocycles. The first-order chi connectivity index (χ1) is 8.65. The molecule has 0 spiro atoms. The first-order valence-corrected chi connectivity index (χ1v) is 6.59. The van der Waals surface area contributed by atoms with Gasteiger partial charge >= 0.3 is 0 Å². The highest BCUT2D eigenvalue weighted by atomic mass is 127. The van der Waals surface area contributed by atoms with Gasteiger partial charge in [0.1, 0.15) is 5.69 Å². The lowest BCUT2D eigenvalue weighted by molar-refractivity contribution is -0.384. The van der Waals surface area contributed by atoms with E-state index < -0.39 is 0 Å². The lowest BCUT2D eigenvalue weighted by Crippen LogP contribution is -2.11. The standard InChI is InChI=1S/C12H15IN2O3/c1-2-3-7-18-8-6-14-11-5-4-10(13)9-12(11)15(16)17/h2,4-5,9,14H,1,3,6-8H2. The molecule has 0 bridgehead atoms. The predicted octanol–water partition coefficient (Wildman–Crippen LogP) is 3.20. The van der Waals surface area contributed by atoms with Gasteiger partial charge in [-0.15, -0.1) is 6.58 Å². The number of nitrogens with one attached hydrogen (secondary N) is 1. The van der Waals surface area contributed by atoms with Crippen molar-refractivity contribution in [2.75, 3.05) is 25.1 Å². The van der Waals surface area contributed by atoms with Crippen LogP contribution in [0.3, 0.4) is 0 Å². The first kappa shape index (κ1) is 14.9. The van der Waals surface area contributed by atoms with Crippen LogP contribution in [-0.4, -0.2) is 24.7 Å². The molecule has 1 rings (SSSR count). The van der Waals surface area contributed by atoms with Crippen LogP contribution in [0.5, 0.6) is 0 Å². The summed E-state index contributed by atoms with van der Waals surface area (Å²) in [4.78, 5) is 10.5. The third-order valence-electron chi connectivity index (χ3n) is 2.18. The Kier molecular flexibility index (Phi) is 6.66. The normalized spacial score (nSPS) is 10.1. The van der Waals surface area contributed by atoms with Crippen LogP contribution < -0.4 is 5.32 Å². The first-order valence-electron chi connectivity index (χ1n) is 5.51. The number of ether oxygens (including phenoxy) is 1. The topological polar surface area (TPSA) is 64.4 Å². The molecule has 0 unspecified atom stereocenters. The van der Waals surface area contributed by atoms with E-state index in [1.807, 2.05) is 28.7 Å². The highest BCUT2D eigenvalue weighted by Crippen LogP contribution is 2.25. The van der Waals surface area contributed by atoms with Gasteiger partial charge in [0.2, 0.25) is 0 Å². The van der Waals surface area contributed by atoms with Gasteiger partial charge in [0.25, 0.3) is 5.69 Å². The molecule has 18 heavy (non-hydrogen) atoms. The van der Waals surface area contributed by atoms with Gasteiger partial charge in [0, 0.05) is 16.2 Å². The van der Waals surface area contributed by atoms with E-state index in [1.54, 1.807) is 18.2 Å². The molecule has 1 aromatic carbocycles. The van der Waals surface area contributed by atoms with Crippen molar-refractivity contribution >= 4 is 34.0 Å². The minimum Gasteiger partial charge on any atom is -0.379 e. The summed E-state index contributed by atoms with van der Waals surface area (Å²) in [5.41, 5.74) is 0.612. The number of anilines is 1. The maximum Gasteiger partial charge on any atom is 0.293 e. The van der Waals surface area contributed by atoms with E-state index in [1.165, 1.54) is 0 Å². The monoisotopic (exact) mass is 362 g/mol. The molecule has 1 aromatic rings. The Hall–Kier alpha value is -1.15. The van der Waals surface area contributed by atoms with Crippen molar-refractivity contribution in [3.63, 3.8) is 0 Å². The summed E-state index contributed by atoms with van der Waals surface area (Å²) in [6.07, 6.45) is 2.60. The smallest absolute Gasteiger partial charge is 0.293 e. The van der Waals surface area contributed by atoms with Crippen molar-refractivity contribution in [1.82, 2.24) is 0 Å². The Labute approximate surface area is 120 Å². The van der Waals surface area contributed by atoms with Gasteiger partial charge in [0.15, 0.2) is 0 Å². The van der Waals surface area contributed by atoms with E-state index in [-0.39, 0.29) is 10.6 Å². The third kappa shape index (κ3) is 5.01. The van der Waals surface area contributed by atoms with Crippen LogP contribution in [0.25, 0.3) is 0 Å². The predicted molar refractivity (Wildman–Crippen MR) is 79.9 cm³/mol. The number of rotatable bonds is 8. The maximum absolute atomic E-state index is 10.9. The fourth-order valence-corrected chi connectivity index (χ4v) is 1.81. The molecule has 0 aliphatic rings. The number of hydrogen-bond donors (Lipinski definition) is 1. The minimum atomic E-state index is -0.386. The lowest BCUT2D eigenvalue weighted by atomic mass is 10.2. The average molecular weight is 362 g/mol. The van der Waals surface area contributed by atoms with Crippen LogP contribution in [0.1, 0.15) is 6.42 Å². The van der Waals surface area contributed by atoms with E-state index >= 15 is 0 Å². The zero-order valence-corrected chi connectivity index (χ0v) is 12.1. The Morgan fingerprint density at radius 2 is 2.28 bits per heavy atom. The van der Waals surface area contributed by atoms with Crippen LogP contribution in [0.4, 0.5) is 11.4 Å². The summed E-state index contributed by atoms with van der Waals surface area (Å²) in [5.74, 6) is 0. The maximum atomic E-state index is 10.9. The van der Waals surface area contributed by atoms with Crippen molar-refractivity contribution in [2.24, 2.45) is 0 Å². The van der Waals surface area contributed by atoms with Crippen LogP contribution in [-0.2, 0) is 4.74 Å². The van der Waals surface area contributed by atoms with Gasteiger partial charge < -0.3 is 10.1 Å². The highest BCUT2D eigenvalue weighted by Gasteiger charge is 2.13. The van der Waals surface area contributed by atoms with Crippen molar-refractivity contribution in [1.29, 1.82) is 0 Å². The van der Waals surface area contributed by atoms with Gasteiger partial charge in [-0.3, -0.25) is 10.1 Å². The molecule has 0 radical (unpaired) electrons. The van der Waals surface area contributed by atoms with Crippen LogP contribution in [0, 0.1) is 13.7 Å². The lowest BCUT2D eigenvalue weighted by Gasteiger charge is -2.07. The zero-order chi connectivity index (χ0) is 13.4. The molecule has 5 nitrogen and oxygen atoms in total. The molecule has 98 valence electrons. The molecule has 6 heteroatoms. The number of nitrogens with zero attached hydrogens (tertiary/aromatic N) is 1. The van der Waals surface area contributed by atoms with E-state index in [9.17, 15) is 10.1 Å². The van der Waals surface area contributed by atoms with Gasteiger partial charge in [-0.05, 0) is 41.1 Å². The summed E-state index contributed by atoms with van der Waals surface area (Å²) < 4.78 is 6.15. The number of nitro groups is 1. The molecule has 0 aliphatic carbocycles. The van der Waals surface area contributed by atoms with E-state index in [0.717, 1.165) is 9.99 Å². The largest absolute Gasteiger partial charge is 0.379 e. The van der Waals surface area contributed by atoms with Crippen LogP contribution in [0.15, 0.2) is 30.9 Å².